The summed E-state index contributed by atoms with van der Waals surface area (Å²) in [6.45, 7) is 9.24. The van der Waals surface area contributed by atoms with Crippen LogP contribution < -0.4 is 5.73 Å². The van der Waals surface area contributed by atoms with E-state index < -0.39 is 17.8 Å². The van der Waals surface area contributed by atoms with E-state index in [1.54, 1.807) is 18.0 Å². The fourth-order valence-electron chi connectivity index (χ4n) is 2.17. The molecule has 1 atom stereocenters. The summed E-state index contributed by atoms with van der Waals surface area (Å²) in [6, 6.07) is 3.37. The topological polar surface area (TPSA) is 54.0 Å². The van der Waals surface area contributed by atoms with Gasteiger partial charge in [-0.3, -0.25) is 5.01 Å². The SMILES string of the molecule is CC(N)c1cccc(C(F)(F)F)c1N=NN(C(C)C)C(C)C. The predicted octanol–water partition coefficient (Wildman–Crippen LogP) is 4.84. The van der Waals surface area contributed by atoms with Gasteiger partial charge < -0.3 is 5.73 Å². The Morgan fingerprint density at radius 1 is 1.05 bits per heavy atom. The molecule has 0 amide bonds. The van der Waals surface area contributed by atoms with Crippen molar-refractivity contribution in [1.29, 1.82) is 0 Å². The average molecular weight is 316 g/mol. The van der Waals surface area contributed by atoms with E-state index in [-0.39, 0.29) is 17.8 Å². The molecule has 1 rings (SSSR count). The molecule has 1 aromatic carbocycles. The number of hydrogen-bond donors (Lipinski definition) is 1. The molecular weight excluding hydrogens is 293 g/mol. The summed E-state index contributed by atoms with van der Waals surface area (Å²) in [7, 11) is 0. The molecule has 1 unspecified atom stereocenters. The Balaban J connectivity index is 3.37. The molecule has 4 nitrogen and oxygen atoms in total. The summed E-state index contributed by atoms with van der Waals surface area (Å²) in [5, 5.41) is 9.55. The van der Waals surface area contributed by atoms with E-state index in [0.717, 1.165) is 6.07 Å². The molecule has 2 N–H and O–H groups in total. The Morgan fingerprint density at radius 3 is 2.00 bits per heavy atom. The van der Waals surface area contributed by atoms with Gasteiger partial charge >= 0.3 is 6.18 Å². The summed E-state index contributed by atoms with van der Waals surface area (Å²) in [5.41, 5.74) is 5.06. The smallest absolute Gasteiger partial charge is 0.324 e. The van der Waals surface area contributed by atoms with E-state index >= 15 is 0 Å². The lowest BCUT2D eigenvalue weighted by molar-refractivity contribution is -0.137. The zero-order chi connectivity index (χ0) is 17.1. The van der Waals surface area contributed by atoms with Crippen LogP contribution in [0.5, 0.6) is 0 Å². The second-order valence-corrected chi connectivity index (χ2v) is 5.79. The summed E-state index contributed by atoms with van der Waals surface area (Å²) >= 11 is 0. The molecule has 7 heteroatoms. The van der Waals surface area contributed by atoms with Crippen LogP contribution in [-0.4, -0.2) is 17.1 Å². The van der Waals surface area contributed by atoms with Gasteiger partial charge in [0.25, 0.3) is 0 Å². The highest BCUT2D eigenvalue weighted by Gasteiger charge is 2.35. The fraction of sp³-hybridized carbons (Fsp3) is 0.600. The second-order valence-electron chi connectivity index (χ2n) is 5.79. The van der Waals surface area contributed by atoms with Gasteiger partial charge in [0.05, 0.1) is 5.56 Å². The molecule has 0 aromatic heterocycles. The van der Waals surface area contributed by atoms with Crippen LogP contribution in [0.4, 0.5) is 18.9 Å². The van der Waals surface area contributed by atoms with Crippen LogP contribution in [0, 0.1) is 0 Å². The van der Waals surface area contributed by atoms with Crippen molar-refractivity contribution in [2.24, 2.45) is 16.1 Å². The Kier molecular flexibility index (Phi) is 5.93. The first-order chi connectivity index (χ1) is 10.1. The zero-order valence-electron chi connectivity index (χ0n) is 13.5. The van der Waals surface area contributed by atoms with Crippen molar-refractivity contribution >= 4 is 5.69 Å². The number of nitrogens with zero attached hydrogens (tertiary/aromatic N) is 3. The third-order valence-corrected chi connectivity index (χ3v) is 3.17. The minimum atomic E-state index is -4.50. The van der Waals surface area contributed by atoms with Crippen LogP contribution in [0.25, 0.3) is 0 Å². The minimum Gasteiger partial charge on any atom is -0.324 e. The molecule has 0 aliphatic heterocycles. The number of nitrogens with two attached hydrogens (primary N) is 1. The van der Waals surface area contributed by atoms with Crippen LogP contribution in [0.1, 0.15) is 51.8 Å². The van der Waals surface area contributed by atoms with Gasteiger partial charge in [-0.05, 0) is 46.2 Å². The molecule has 0 radical (unpaired) electrons. The molecule has 0 spiro atoms. The Bertz CT molecular complexity index is 514. The van der Waals surface area contributed by atoms with Gasteiger partial charge in [-0.1, -0.05) is 17.4 Å². The van der Waals surface area contributed by atoms with Crippen molar-refractivity contribution in [2.45, 2.75) is 58.9 Å². The van der Waals surface area contributed by atoms with Crippen LogP contribution in [0.15, 0.2) is 28.5 Å². The van der Waals surface area contributed by atoms with Crippen LogP contribution in [0.3, 0.4) is 0 Å². The molecule has 1 aromatic rings. The number of hydrogen-bond acceptors (Lipinski definition) is 3. The lowest BCUT2D eigenvalue weighted by Gasteiger charge is -2.26. The molecule has 124 valence electrons. The molecular formula is C15H23F3N4. The van der Waals surface area contributed by atoms with E-state index in [2.05, 4.69) is 10.3 Å². The van der Waals surface area contributed by atoms with Gasteiger partial charge in [0.2, 0.25) is 0 Å². The van der Waals surface area contributed by atoms with Crippen molar-refractivity contribution in [2.75, 3.05) is 0 Å². The van der Waals surface area contributed by atoms with Gasteiger partial charge in [0, 0.05) is 18.1 Å². The van der Waals surface area contributed by atoms with E-state index in [0.29, 0.717) is 5.56 Å². The molecule has 0 bridgehead atoms. The normalized spacial score (nSPS) is 14.1. The van der Waals surface area contributed by atoms with Gasteiger partial charge in [-0.2, -0.15) is 13.2 Å². The van der Waals surface area contributed by atoms with E-state index in [1.807, 2.05) is 27.7 Å². The quantitative estimate of drug-likeness (QED) is 0.624. The molecule has 22 heavy (non-hydrogen) atoms. The van der Waals surface area contributed by atoms with Crippen LogP contribution in [-0.2, 0) is 6.18 Å². The van der Waals surface area contributed by atoms with Crippen molar-refractivity contribution < 1.29 is 13.2 Å². The summed E-state index contributed by atoms with van der Waals surface area (Å²) in [6.07, 6.45) is -4.50. The third kappa shape index (κ3) is 4.43. The largest absolute Gasteiger partial charge is 0.418 e. The Hall–Kier alpha value is -1.63. The van der Waals surface area contributed by atoms with Crippen molar-refractivity contribution in [3.63, 3.8) is 0 Å². The summed E-state index contributed by atoms with van der Waals surface area (Å²) < 4.78 is 39.5. The zero-order valence-corrected chi connectivity index (χ0v) is 13.5. The molecule has 0 saturated heterocycles. The number of rotatable bonds is 5. The van der Waals surface area contributed by atoms with Gasteiger partial charge in [0.15, 0.2) is 0 Å². The highest BCUT2D eigenvalue weighted by Crippen LogP contribution is 2.40. The van der Waals surface area contributed by atoms with Gasteiger partial charge in [-0.25, -0.2) is 0 Å². The summed E-state index contributed by atoms with van der Waals surface area (Å²) in [4.78, 5) is 0. The standard InChI is InChI=1S/C15H23F3N4/c1-9(2)22(10(3)4)21-20-14-12(11(5)19)7-6-8-13(14)15(16,17)18/h6-11H,19H2,1-5H3. The maximum absolute atomic E-state index is 13.2. The van der Waals surface area contributed by atoms with E-state index in [1.165, 1.54) is 6.07 Å². The third-order valence-electron chi connectivity index (χ3n) is 3.17. The van der Waals surface area contributed by atoms with E-state index in [4.69, 9.17) is 5.73 Å². The lowest BCUT2D eigenvalue weighted by atomic mass is 10.0. The Labute approximate surface area is 129 Å². The van der Waals surface area contributed by atoms with Crippen molar-refractivity contribution in [3.8, 4) is 0 Å². The second kappa shape index (κ2) is 7.09. The number of halogens is 3. The Morgan fingerprint density at radius 2 is 1.59 bits per heavy atom. The van der Waals surface area contributed by atoms with Crippen molar-refractivity contribution in [3.05, 3.63) is 29.3 Å². The fourth-order valence-corrected chi connectivity index (χ4v) is 2.17. The molecule has 0 fully saturated rings. The predicted molar refractivity (Wildman–Crippen MR) is 80.7 cm³/mol. The molecule has 0 aliphatic rings. The van der Waals surface area contributed by atoms with Gasteiger partial charge in [0.1, 0.15) is 5.69 Å². The maximum atomic E-state index is 13.2. The first-order valence-corrected chi connectivity index (χ1v) is 7.21. The number of alkyl halides is 3. The maximum Gasteiger partial charge on any atom is 0.418 e. The average Bonchev–Trinajstić information content (AvgIpc) is 2.36. The molecule has 0 aliphatic carbocycles. The monoisotopic (exact) mass is 316 g/mol. The van der Waals surface area contributed by atoms with Gasteiger partial charge in [-0.15, -0.1) is 5.11 Å². The molecule has 0 heterocycles. The minimum absolute atomic E-state index is 0.0283. The van der Waals surface area contributed by atoms with Crippen molar-refractivity contribution in [1.82, 2.24) is 5.01 Å². The summed E-state index contributed by atoms with van der Waals surface area (Å²) in [5.74, 6) is 0. The first kappa shape index (κ1) is 18.4. The highest BCUT2D eigenvalue weighted by molar-refractivity contribution is 5.55. The lowest BCUT2D eigenvalue weighted by Crippen LogP contribution is -2.31. The van der Waals surface area contributed by atoms with Crippen LogP contribution >= 0.6 is 0 Å². The van der Waals surface area contributed by atoms with E-state index in [9.17, 15) is 13.2 Å². The molecule has 0 saturated carbocycles. The highest BCUT2D eigenvalue weighted by atomic mass is 19.4. The number of benzene rings is 1. The van der Waals surface area contributed by atoms with Crippen LogP contribution in [0.2, 0.25) is 0 Å². The first-order valence-electron chi connectivity index (χ1n) is 7.21.